The number of carbonyl (C=O) groups excluding carboxylic acids is 1. The number of rotatable bonds is 2. The Bertz CT molecular complexity index is 480. The number of benzene rings is 1. The summed E-state index contributed by atoms with van der Waals surface area (Å²) in [6.07, 6.45) is 1.56. The van der Waals surface area contributed by atoms with Crippen LogP contribution in [0.3, 0.4) is 0 Å². The van der Waals surface area contributed by atoms with E-state index in [2.05, 4.69) is 4.98 Å². The van der Waals surface area contributed by atoms with Crippen molar-refractivity contribution in [1.82, 2.24) is 4.98 Å². The van der Waals surface area contributed by atoms with E-state index in [-0.39, 0.29) is 5.56 Å². The number of nitrogens with zero attached hydrogens (tertiary/aromatic N) is 1. The van der Waals surface area contributed by atoms with E-state index in [9.17, 15) is 9.90 Å². The van der Waals surface area contributed by atoms with E-state index in [1.807, 2.05) is 30.3 Å². The summed E-state index contributed by atoms with van der Waals surface area (Å²) in [5.41, 5.74) is 1.33. The Balaban J connectivity index is 2.58. The quantitative estimate of drug-likeness (QED) is 0.726. The van der Waals surface area contributed by atoms with Crippen LogP contribution < -0.4 is 5.11 Å². The fraction of sp³-hybridized carbons (Fsp3) is 0. The molecule has 0 atom stereocenters. The molecule has 0 bridgehead atoms. The second-order valence-corrected chi connectivity index (χ2v) is 3.05. The first-order valence-electron chi connectivity index (χ1n) is 4.51. The summed E-state index contributed by atoms with van der Waals surface area (Å²) in [5.74, 6) is -1.21. The number of pyridine rings is 1. The average molecular weight is 198 g/mol. The Hall–Kier alpha value is -2.16. The van der Waals surface area contributed by atoms with Crippen LogP contribution in [0, 0.1) is 0 Å². The molecule has 0 aliphatic rings. The van der Waals surface area contributed by atoms with Gasteiger partial charge in [-0.3, -0.25) is 4.98 Å². The molecule has 0 N–H and O–H groups in total. The van der Waals surface area contributed by atoms with Crippen LogP contribution in [0.15, 0.2) is 48.7 Å². The highest BCUT2D eigenvalue weighted by Crippen LogP contribution is 2.19. The Labute approximate surface area is 87.0 Å². The summed E-state index contributed by atoms with van der Waals surface area (Å²) in [4.78, 5) is 14.9. The van der Waals surface area contributed by atoms with E-state index >= 15 is 0 Å². The molecule has 1 aromatic carbocycles. The first-order valence-corrected chi connectivity index (χ1v) is 4.51. The lowest BCUT2D eigenvalue weighted by atomic mass is 10.1. The maximum Gasteiger partial charge on any atom is 0.0792 e. The molecular formula is C12H8NO2-. The number of hydrogen-bond acceptors (Lipinski definition) is 3. The van der Waals surface area contributed by atoms with Gasteiger partial charge in [-0.2, -0.15) is 0 Å². The lowest BCUT2D eigenvalue weighted by molar-refractivity contribution is -0.254. The number of carbonyl (C=O) groups is 1. The first-order chi connectivity index (χ1) is 7.29. The third-order valence-electron chi connectivity index (χ3n) is 2.07. The summed E-state index contributed by atoms with van der Waals surface area (Å²) in [7, 11) is 0. The van der Waals surface area contributed by atoms with Gasteiger partial charge in [-0.15, -0.1) is 0 Å². The molecular weight excluding hydrogens is 190 g/mol. The summed E-state index contributed by atoms with van der Waals surface area (Å²) in [6, 6.07) is 12.2. The molecule has 1 aromatic heterocycles. The summed E-state index contributed by atoms with van der Waals surface area (Å²) in [5, 5.41) is 10.8. The highest BCUT2D eigenvalue weighted by Gasteiger charge is 2.05. The molecule has 15 heavy (non-hydrogen) atoms. The molecule has 0 saturated heterocycles. The molecule has 0 amide bonds. The number of aromatic nitrogens is 1. The third-order valence-corrected chi connectivity index (χ3v) is 2.07. The van der Waals surface area contributed by atoms with Gasteiger partial charge >= 0.3 is 0 Å². The summed E-state index contributed by atoms with van der Waals surface area (Å²) < 4.78 is 0. The zero-order valence-electron chi connectivity index (χ0n) is 7.88. The standard InChI is InChI=1S/C12H9NO2/c14-12(15)10-7-4-8-13-11(10)9-5-2-1-3-6-9/h1-8H,(H,14,15)/p-1. The van der Waals surface area contributed by atoms with Gasteiger partial charge in [0.05, 0.1) is 11.7 Å². The van der Waals surface area contributed by atoms with E-state index in [1.165, 1.54) is 6.07 Å². The monoisotopic (exact) mass is 198 g/mol. The molecule has 0 radical (unpaired) electrons. The number of aromatic carboxylic acids is 1. The molecule has 0 fully saturated rings. The van der Waals surface area contributed by atoms with Gasteiger partial charge in [0.2, 0.25) is 0 Å². The second kappa shape index (κ2) is 3.92. The van der Waals surface area contributed by atoms with E-state index in [1.54, 1.807) is 12.3 Å². The fourth-order valence-corrected chi connectivity index (χ4v) is 1.40. The Morgan fingerprint density at radius 3 is 2.47 bits per heavy atom. The van der Waals surface area contributed by atoms with Crippen LogP contribution in [0.4, 0.5) is 0 Å². The molecule has 2 aromatic rings. The minimum absolute atomic E-state index is 0.115. The van der Waals surface area contributed by atoms with Crippen molar-refractivity contribution < 1.29 is 9.90 Å². The normalized spacial score (nSPS) is 9.87. The van der Waals surface area contributed by atoms with Gasteiger partial charge in [0.1, 0.15) is 0 Å². The van der Waals surface area contributed by atoms with Crippen molar-refractivity contribution in [2.24, 2.45) is 0 Å². The second-order valence-electron chi connectivity index (χ2n) is 3.05. The van der Waals surface area contributed by atoms with Crippen molar-refractivity contribution in [2.45, 2.75) is 0 Å². The van der Waals surface area contributed by atoms with Crippen molar-refractivity contribution in [3.63, 3.8) is 0 Å². The highest BCUT2D eigenvalue weighted by atomic mass is 16.4. The van der Waals surface area contributed by atoms with Gasteiger partial charge in [0.25, 0.3) is 0 Å². The number of carboxylic acids is 1. The number of hydrogen-bond donors (Lipinski definition) is 0. The molecule has 0 aliphatic carbocycles. The van der Waals surface area contributed by atoms with Gasteiger partial charge in [-0.1, -0.05) is 30.3 Å². The first kappa shape index (κ1) is 9.40. The van der Waals surface area contributed by atoms with Crippen LogP contribution in [0.1, 0.15) is 10.4 Å². The van der Waals surface area contributed by atoms with Crippen molar-refractivity contribution >= 4 is 5.97 Å². The van der Waals surface area contributed by atoms with Crippen LogP contribution in [-0.2, 0) is 0 Å². The molecule has 0 aliphatic heterocycles. The molecule has 3 heteroatoms. The largest absolute Gasteiger partial charge is 0.545 e. The minimum atomic E-state index is -1.21. The molecule has 2 rings (SSSR count). The topological polar surface area (TPSA) is 53.0 Å². The van der Waals surface area contributed by atoms with Crippen LogP contribution in [0.25, 0.3) is 11.3 Å². The predicted molar refractivity (Wildman–Crippen MR) is 54.0 cm³/mol. The Kier molecular flexibility index (Phi) is 2.46. The maximum atomic E-state index is 10.8. The van der Waals surface area contributed by atoms with E-state index in [0.717, 1.165) is 5.56 Å². The van der Waals surface area contributed by atoms with E-state index in [4.69, 9.17) is 0 Å². The molecule has 3 nitrogen and oxygen atoms in total. The number of carboxylic acid groups (broad SMARTS) is 1. The van der Waals surface area contributed by atoms with Crippen LogP contribution >= 0.6 is 0 Å². The molecule has 0 unspecified atom stereocenters. The lowest BCUT2D eigenvalue weighted by Gasteiger charge is -2.08. The van der Waals surface area contributed by atoms with Gasteiger partial charge in [-0.25, -0.2) is 0 Å². The molecule has 1 heterocycles. The van der Waals surface area contributed by atoms with Crippen molar-refractivity contribution in [3.05, 3.63) is 54.2 Å². The maximum absolute atomic E-state index is 10.8. The van der Waals surface area contributed by atoms with Crippen molar-refractivity contribution in [1.29, 1.82) is 0 Å². The molecule has 74 valence electrons. The summed E-state index contributed by atoms with van der Waals surface area (Å²) in [6.45, 7) is 0. The van der Waals surface area contributed by atoms with Crippen molar-refractivity contribution in [3.8, 4) is 11.3 Å². The third kappa shape index (κ3) is 1.86. The van der Waals surface area contributed by atoms with Crippen LogP contribution in [0.2, 0.25) is 0 Å². The van der Waals surface area contributed by atoms with Crippen LogP contribution in [0.5, 0.6) is 0 Å². The van der Waals surface area contributed by atoms with Gasteiger partial charge in [0, 0.05) is 17.3 Å². The Morgan fingerprint density at radius 1 is 1.07 bits per heavy atom. The fourth-order valence-electron chi connectivity index (χ4n) is 1.40. The SMILES string of the molecule is O=C([O-])c1cccnc1-c1ccccc1. The molecule has 0 spiro atoms. The zero-order chi connectivity index (χ0) is 10.7. The van der Waals surface area contributed by atoms with Gasteiger partial charge in [0.15, 0.2) is 0 Å². The summed E-state index contributed by atoms with van der Waals surface area (Å²) >= 11 is 0. The lowest BCUT2D eigenvalue weighted by Crippen LogP contribution is -2.23. The average Bonchev–Trinajstić information content (AvgIpc) is 2.30. The van der Waals surface area contributed by atoms with Gasteiger partial charge in [-0.05, 0) is 12.1 Å². The predicted octanol–water partition coefficient (Wildman–Crippen LogP) is 1.11. The van der Waals surface area contributed by atoms with Gasteiger partial charge < -0.3 is 9.90 Å². The van der Waals surface area contributed by atoms with E-state index < -0.39 is 5.97 Å². The van der Waals surface area contributed by atoms with Crippen molar-refractivity contribution in [2.75, 3.05) is 0 Å². The minimum Gasteiger partial charge on any atom is -0.545 e. The van der Waals surface area contributed by atoms with Crippen LogP contribution in [-0.4, -0.2) is 11.0 Å². The van der Waals surface area contributed by atoms with E-state index in [0.29, 0.717) is 5.69 Å². The molecule has 0 saturated carbocycles. The highest BCUT2D eigenvalue weighted by molar-refractivity contribution is 5.93. The Morgan fingerprint density at radius 2 is 1.80 bits per heavy atom. The zero-order valence-corrected chi connectivity index (χ0v) is 7.88. The smallest absolute Gasteiger partial charge is 0.0792 e.